The molecule has 0 spiro atoms. The Morgan fingerprint density at radius 3 is 2.35 bits per heavy atom. The molecule has 0 aliphatic carbocycles. The summed E-state index contributed by atoms with van der Waals surface area (Å²) in [6.07, 6.45) is -4.38. The largest absolute Gasteiger partial charge is 0.416 e. The van der Waals surface area contributed by atoms with Crippen molar-refractivity contribution >= 4 is 11.7 Å². The SMILES string of the molecule is CC(CN)CN(C)C(=O)Nc1ccc(C(F)(F)F)cc1. The summed E-state index contributed by atoms with van der Waals surface area (Å²) in [5.74, 6) is 0.151. The van der Waals surface area contributed by atoms with Gasteiger partial charge in [-0.15, -0.1) is 0 Å². The summed E-state index contributed by atoms with van der Waals surface area (Å²) in [5.41, 5.74) is 5.03. The minimum Gasteiger partial charge on any atom is -0.330 e. The maximum absolute atomic E-state index is 12.4. The third kappa shape index (κ3) is 4.73. The number of anilines is 1. The highest BCUT2D eigenvalue weighted by Crippen LogP contribution is 2.29. The monoisotopic (exact) mass is 289 g/mol. The summed E-state index contributed by atoms with van der Waals surface area (Å²) in [5, 5.41) is 2.53. The van der Waals surface area contributed by atoms with Crippen molar-refractivity contribution in [2.45, 2.75) is 13.1 Å². The molecule has 20 heavy (non-hydrogen) atoms. The molecule has 1 unspecified atom stereocenters. The van der Waals surface area contributed by atoms with Gasteiger partial charge in [0.2, 0.25) is 0 Å². The van der Waals surface area contributed by atoms with E-state index in [1.165, 1.54) is 17.0 Å². The van der Waals surface area contributed by atoms with Crippen LogP contribution in [0.1, 0.15) is 12.5 Å². The van der Waals surface area contributed by atoms with Gasteiger partial charge in [-0.2, -0.15) is 13.2 Å². The second kappa shape index (κ2) is 6.60. The molecule has 0 saturated heterocycles. The van der Waals surface area contributed by atoms with Crippen LogP contribution in [-0.4, -0.2) is 31.1 Å². The highest BCUT2D eigenvalue weighted by molar-refractivity contribution is 5.89. The Bertz CT molecular complexity index is 445. The number of hydrogen-bond acceptors (Lipinski definition) is 2. The number of nitrogens with two attached hydrogens (primary N) is 1. The van der Waals surface area contributed by atoms with E-state index in [9.17, 15) is 18.0 Å². The number of nitrogens with zero attached hydrogens (tertiary/aromatic N) is 1. The maximum atomic E-state index is 12.4. The van der Waals surface area contributed by atoms with Gasteiger partial charge in [0.25, 0.3) is 0 Å². The molecule has 0 bridgehead atoms. The van der Waals surface area contributed by atoms with Crippen LogP contribution in [0.15, 0.2) is 24.3 Å². The predicted octanol–water partition coefficient (Wildman–Crippen LogP) is 2.76. The number of alkyl halides is 3. The van der Waals surface area contributed by atoms with Gasteiger partial charge in [-0.25, -0.2) is 4.79 Å². The Labute approximate surface area is 115 Å². The number of rotatable bonds is 4. The van der Waals surface area contributed by atoms with Gasteiger partial charge < -0.3 is 16.0 Å². The quantitative estimate of drug-likeness (QED) is 0.895. The maximum Gasteiger partial charge on any atom is 0.416 e. The molecule has 0 aromatic heterocycles. The lowest BCUT2D eigenvalue weighted by Crippen LogP contribution is -2.36. The smallest absolute Gasteiger partial charge is 0.330 e. The van der Waals surface area contributed by atoms with E-state index < -0.39 is 11.7 Å². The summed E-state index contributed by atoms with van der Waals surface area (Å²) < 4.78 is 37.2. The van der Waals surface area contributed by atoms with E-state index in [1.807, 2.05) is 6.92 Å². The van der Waals surface area contributed by atoms with E-state index >= 15 is 0 Å². The fourth-order valence-electron chi connectivity index (χ4n) is 1.59. The van der Waals surface area contributed by atoms with E-state index in [0.29, 0.717) is 18.8 Å². The Hall–Kier alpha value is -1.76. The summed E-state index contributed by atoms with van der Waals surface area (Å²) in [6, 6.07) is 3.92. The van der Waals surface area contributed by atoms with Crippen LogP contribution in [0.5, 0.6) is 0 Å². The zero-order chi connectivity index (χ0) is 15.3. The van der Waals surface area contributed by atoms with Gasteiger partial charge in [0.15, 0.2) is 0 Å². The second-order valence-electron chi connectivity index (χ2n) is 4.73. The summed E-state index contributed by atoms with van der Waals surface area (Å²) in [4.78, 5) is 13.2. The van der Waals surface area contributed by atoms with Crippen molar-refractivity contribution in [3.63, 3.8) is 0 Å². The molecule has 1 aromatic carbocycles. The number of carbonyl (C=O) groups excluding carboxylic acids is 1. The van der Waals surface area contributed by atoms with Crippen LogP contribution in [0.3, 0.4) is 0 Å². The number of nitrogens with one attached hydrogen (secondary N) is 1. The van der Waals surface area contributed by atoms with Crippen molar-refractivity contribution in [3.8, 4) is 0 Å². The minimum atomic E-state index is -4.38. The molecule has 0 radical (unpaired) electrons. The number of amides is 2. The second-order valence-corrected chi connectivity index (χ2v) is 4.73. The third-order valence-corrected chi connectivity index (χ3v) is 2.80. The molecule has 1 atom stereocenters. The van der Waals surface area contributed by atoms with Crippen molar-refractivity contribution in [3.05, 3.63) is 29.8 Å². The van der Waals surface area contributed by atoms with E-state index in [4.69, 9.17) is 5.73 Å². The van der Waals surface area contributed by atoms with Crippen LogP contribution in [-0.2, 0) is 6.18 Å². The highest BCUT2D eigenvalue weighted by atomic mass is 19.4. The fourth-order valence-corrected chi connectivity index (χ4v) is 1.59. The van der Waals surface area contributed by atoms with Crippen LogP contribution in [0.4, 0.5) is 23.7 Å². The first kappa shape index (κ1) is 16.3. The van der Waals surface area contributed by atoms with E-state index in [2.05, 4.69) is 5.32 Å². The molecule has 1 aromatic rings. The van der Waals surface area contributed by atoms with Crippen LogP contribution in [0, 0.1) is 5.92 Å². The third-order valence-electron chi connectivity index (χ3n) is 2.80. The number of carbonyl (C=O) groups is 1. The molecule has 112 valence electrons. The normalized spacial score (nSPS) is 12.9. The Morgan fingerprint density at radius 2 is 1.90 bits per heavy atom. The molecule has 3 N–H and O–H groups in total. The highest BCUT2D eigenvalue weighted by Gasteiger charge is 2.30. The average molecular weight is 289 g/mol. The van der Waals surface area contributed by atoms with Gasteiger partial charge in [0, 0.05) is 19.3 Å². The number of urea groups is 1. The molecule has 0 aliphatic rings. The molecule has 0 fully saturated rings. The first-order valence-corrected chi connectivity index (χ1v) is 6.13. The zero-order valence-corrected chi connectivity index (χ0v) is 11.4. The van der Waals surface area contributed by atoms with Crippen molar-refractivity contribution < 1.29 is 18.0 Å². The Balaban J connectivity index is 2.62. The molecular formula is C13H18F3N3O. The lowest BCUT2D eigenvalue weighted by molar-refractivity contribution is -0.137. The summed E-state index contributed by atoms with van der Waals surface area (Å²) in [7, 11) is 1.60. The average Bonchev–Trinajstić information content (AvgIpc) is 2.38. The molecule has 1 rings (SSSR count). The van der Waals surface area contributed by atoms with Crippen molar-refractivity contribution in [2.24, 2.45) is 11.7 Å². The fraction of sp³-hybridized carbons (Fsp3) is 0.462. The predicted molar refractivity (Wildman–Crippen MR) is 71.3 cm³/mol. The standard InChI is InChI=1S/C13H18F3N3O/c1-9(7-17)8-19(2)12(20)18-11-5-3-10(4-6-11)13(14,15)16/h3-6,9H,7-8,17H2,1-2H3,(H,18,20). The Morgan fingerprint density at radius 1 is 1.35 bits per heavy atom. The molecule has 0 saturated carbocycles. The molecule has 2 amide bonds. The topological polar surface area (TPSA) is 58.4 Å². The van der Waals surface area contributed by atoms with Crippen LogP contribution in [0.2, 0.25) is 0 Å². The molecule has 4 nitrogen and oxygen atoms in total. The van der Waals surface area contributed by atoms with Crippen molar-refractivity contribution in [2.75, 3.05) is 25.5 Å². The van der Waals surface area contributed by atoms with E-state index in [0.717, 1.165) is 12.1 Å². The van der Waals surface area contributed by atoms with Crippen molar-refractivity contribution in [1.29, 1.82) is 0 Å². The van der Waals surface area contributed by atoms with E-state index in [-0.39, 0.29) is 11.9 Å². The van der Waals surface area contributed by atoms with Crippen LogP contribution < -0.4 is 11.1 Å². The molecule has 0 aliphatic heterocycles. The Kier molecular flexibility index (Phi) is 5.38. The van der Waals surface area contributed by atoms with Gasteiger partial charge in [0.05, 0.1) is 5.56 Å². The van der Waals surface area contributed by atoms with Crippen LogP contribution >= 0.6 is 0 Å². The first-order valence-electron chi connectivity index (χ1n) is 6.13. The van der Waals surface area contributed by atoms with E-state index in [1.54, 1.807) is 7.05 Å². The van der Waals surface area contributed by atoms with Crippen molar-refractivity contribution in [1.82, 2.24) is 4.90 Å². The summed E-state index contributed by atoms with van der Waals surface area (Å²) in [6.45, 7) is 2.84. The lowest BCUT2D eigenvalue weighted by atomic mass is 10.2. The van der Waals surface area contributed by atoms with Gasteiger partial charge in [-0.05, 0) is 36.7 Å². The van der Waals surface area contributed by atoms with Gasteiger partial charge in [-0.1, -0.05) is 6.92 Å². The minimum absolute atomic E-state index is 0.151. The molecule has 0 heterocycles. The number of hydrogen-bond donors (Lipinski definition) is 2. The number of benzene rings is 1. The van der Waals surface area contributed by atoms with Gasteiger partial charge in [0.1, 0.15) is 0 Å². The van der Waals surface area contributed by atoms with Crippen LogP contribution in [0.25, 0.3) is 0 Å². The van der Waals surface area contributed by atoms with Gasteiger partial charge >= 0.3 is 12.2 Å². The number of halogens is 3. The first-order chi connectivity index (χ1) is 9.24. The lowest BCUT2D eigenvalue weighted by Gasteiger charge is -2.21. The van der Waals surface area contributed by atoms with Gasteiger partial charge in [-0.3, -0.25) is 0 Å². The summed E-state index contributed by atoms with van der Waals surface area (Å²) >= 11 is 0. The molecular weight excluding hydrogens is 271 g/mol. The molecule has 7 heteroatoms. The zero-order valence-electron chi connectivity index (χ0n) is 11.4.